The summed E-state index contributed by atoms with van der Waals surface area (Å²) in [5.41, 5.74) is 3.76. The number of methoxy groups -OCH3 is 1. The van der Waals surface area contributed by atoms with Gasteiger partial charge in [-0.1, -0.05) is 12.1 Å². The van der Waals surface area contributed by atoms with E-state index in [1.165, 1.54) is 0 Å². The molecule has 0 aliphatic rings. The lowest BCUT2D eigenvalue weighted by Crippen LogP contribution is -2.08. The van der Waals surface area contributed by atoms with E-state index in [2.05, 4.69) is 0 Å². The van der Waals surface area contributed by atoms with Crippen LogP contribution < -0.4 is 9.64 Å². The van der Waals surface area contributed by atoms with E-state index in [1.54, 1.807) is 14.0 Å². The molecule has 3 nitrogen and oxygen atoms in total. The number of ketones is 1. The lowest BCUT2D eigenvalue weighted by molar-refractivity contribution is 0.101. The van der Waals surface area contributed by atoms with Crippen molar-refractivity contribution in [3.8, 4) is 16.9 Å². The Morgan fingerprint density at radius 1 is 1.05 bits per heavy atom. The highest BCUT2D eigenvalue weighted by molar-refractivity contribution is 6.01. The minimum absolute atomic E-state index is 0.0549. The van der Waals surface area contributed by atoms with Crippen LogP contribution in [0.5, 0.6) is 5.75 Å². The summed E-state index contributed by atoms with van der Waals surface area (Å²) in [6.45, 7) is 1.58. The third-order valence-electron chi connectivity index (χ3n) is 3.30. The van der Waals surface area contributed by atoms with E-state index < -0.39 is 0 Å². The first-order chi connectivity index (χ1) is 9.52. The highest BCUT2D eigenvalue weighted by Crippen LogP contribution is 2.29. The van der Waals surface area contributed by atoms with Gasteiger partial charge >= 0.3 is 0 Å². The zero-order valence-corrected chi connectivity index (χ0v) is 12.3. The third kappa shape index (κ3) is 2.82. The Kier molecular flexibility index (Phi) is 4.08. The van der Waals surface area contributed by atoms with E-state index in [9.17, 15) is 4.79 Å². The average Bonchev–Trinajstić information content (AvgIpc) is 2.46. The van der Waals surface area contributed by atoms with Gasteiger partial charge < -0.3 is 9.64 Å². The van der Waals surface area contributed by atoms with Gasteiger partial charge in [-0.2, -0.15) is 0 Å². The monoisotopic (exact) mass is 269 g/mol. The number of hydrogen-bond donors (Lipinski definition) is 0. The molecule has 0 aromatic heterocycles. The van der Waals surface area contributed by atoms with Crippen molar-refractivity contribution in [1.29, 1.82) is 0 Å². The van der Waals surface area contributed by atoms with E-state index >= 15 is 0 Å². The highest BCUT2D eigenvalue weighted by atomic mass is 16.5. The fraction of sp³-hybridized carbons (Fsp3) is 0.235. The fourth-order valence-corrected chi connectivity index (χ4v) is 2.14. The van der Waals surface area contributed by atoms with Crippen molar-refractivity contribution in [2.24, 2.45) is 0 Å². The number of carbonyl (C=O) groups excluding carboxylic acids is 1. The Labute approximate surface area is 119 Å². The SMILES string of the molecule is COc1ccc(C(C)=O)c(-c2ccc(N(C)C)cc2)c1. The number of nitrogens with zero attached hydrogens (tertiary/aromatic N) is 1. The van der Waals surface area contributed by atoms with Gasteiger partial charge in [0.1, 0.15) is 5.75 Å². The topological polar surface area (TPSA) is 29.5 Å². The summed E-state index contributed by atoms with van der Waals surface area (Å²) in [4.78, 5) is 13.8. The van der Waals surface area contributed by atoms with Crippen LogP contribution in [0.15, 0.2) is 42.5 Å². The molecule has 0 aliphatic heterocycles. The van der Waals surface area contributed by atoms with Gasteiger partial charge in [-0.15, -0.1) is 0 Å². The molecular weight excluding hydrogens is 250 g/mol. The molecule has 104 valence electrons. The summed E-state index contributed by atoms with van der Waals surface area (Å²) in [5.74, 6) is 0.807. The van der Waals surface area contributed by atoms with Gasteiger partial charge in [0.25, 0.3) is 0 Å². The lowest BCUT2D eigenvalue weighted by atomic mass is 9.97. The van der Waals surface area contributed by atoms with E-state index in [0.29, 0.717) is 5.56 Å². The molecule has 0 heterocycles. The molecule has 2 rings (SSSR count). The maximum atomic E-state index is 11.8. The van der Waals surface area contributed by atoms with Crippen LogP contribution in [0.3, 0.4) is 0 Å². The smallest absolute Gasteiger partial charge is 0.160 e. The predicted molar refractivity (Wildman–Crippen MR) is 82.8 cm³/mol. The molecule has 0 saturated heterocycles. The molecule has 0 saturated carbocycles. The van der Waals surface area contributed by atoms with Gasteiger partial charge in [0.15, 0.2) is 5.78 Å². The molecule has 0 unspecified atom stereocenters. The van der Waals surface area contributed by atoms with Crippen molar-refractivity contribution in [3.05, 3.63) is 48.0 Å². The summed E-state index contributed by atoms with van der Waals surface area (Å²) in [6.07, 6.45) is 0. The number of carbonyl (C=O) groups is 1. The molecule has 0 spiro atoms. The number of hydrogen-bond acceptors (Lipinski definition) is 3. The van der Waals surface area contributed by atoms with Gasteiger partial charge in [0, 0.05) is 25.3 Å². The highest BCUT2D eigenvalue weighted by Gasteiger charge is 2.10. The Balaban J connectivity index is 2.52. The second-order valence-electron chi connectivity index (χ2n) is 4.91. The largest absolute Gasteiger partial charge is 0.497 e. The molecule has 0 N–H and O–H groups in total. The van der Waals surface area contributed by atoms with Gasteiger partial charge in [-0.25, -0.2) is 0 Å². The summed E-state index contributed by atoms with van der Waals surface area (Å²) in [5, 5.41) is 0. The lowest BCUT2D eigenvalue weighted by Gasteiger charge is -2.14. The first-order valence-electron chi connectivity index (χ1n) is 6.49. The van der Waals surface area contributed by atoms with Crippen LogP contribution in [0.25, 0.3) is 11.1 Å². The van der Waals surface area contributed by atoms with Gasteiger partial charge in [0.05, 0.1) is 7.11 Å². The number of rotatable bonds is 4. The van der Waals surface area contributed by atoms with Gasteiger partial charge in [-0.05, 0) is 48.4 Å². The molecule has 0 bridgehead atoms. The van der Waals surface area contributed by atoms with E-state index in [4.69, 9.17) is 4.74 Å². The van der Waals surface area contributed by atoms with Gasteiger partial charge in [0.2, 0.25) is 0 Å². The van der Waals surface area contributed by atoms with Crippen molar-refractivity contribution in [3.63, 3.8) is 0 Å². The van der Waals surface area contributed by atoms with Crippen LogP contribution >= 0.6 is 0 Å². The molecule has 2 aromatic rings. The van der Waals surface area contributed by atoms with Crippen LogP contribution in [-0.2, 0) is 0 Å². The number of ether oxygens (including phenoxy) is 1. The molecule has 2 aromatic carbocycles. The summed E-state index contributed by atoms with van der Waals surface area (Å²) in [6, 6.07) is 13.7. The van der Waals surface area contributed by atoms with Crippen molar-refractivity contribution in [2.45, 2.75) is 6.92 Å². The summed E-state index contributed by atoms with van der Waals surface area (Å²) in [7, 11) is 5.63. The quantitative estimate of drug-likeness (QED) is 0.794. The van der Waals surface area contributed by atoms with Crippen LogP contribution in [0.4, 0.5) is 5.69 Å². The molecule has 20 heavy (non-hydrogen) atoms. The Bertz CT molecular complexity index is 615. The maximum absolute atomic E-state index is 11.8. The Hall–Kier alpha value is -2.29. The van der Waals surface area contributed by atoms with Crippen LogP contribution in [0.1, 0.15) is 17.3 Å². The minimum atomic E-state index is 0.0549. The summed E-state index contributed by atoms with van der Waals surface area (Å²) >= 11 is 0. The van der Waals surface area contributed by atoms with Crippen molar-refractivity contribution in [1.82, 2.24) is 0 Å². The Morgan fingerprint density at radius 2 is 1.70 bits per heavy atom. The van der Waals surface area contributed by atoms with Crippen LogP contribution in [0.2, 0.25) is 0 Å². The zero-order valence-electron chi connectivity index (χ0n) is 12.3. The van der Waals surface area contributed by atoms with Crippen molar-refractivity contribution < 1.29 is 9.53 Å². The van der Waals surface area contributed by atoms with Crippen LogP contribution in [0, 0.1) is 0 Å². The third-order valence-corrected chi connectivity index (χ3v) is 3.30. The average molecular weight is 269 g/mol. The second kappa shape index (κ2) is 5.78. The van der Waals surface area contributed by atoms with Crippen molar-refractivity contribution >= 4 is 11.5 Å². The van der Waals surface area contributed by atoms with Crippen molar-refractivity contribution in [2.75, 3.05) is 26.1 Å². The first kappa shape index (κ1) is 14.1. The molecule has 0 atom stereocenters. The van der Waals surface area contributed by atoms with E-state index in [1.807, 2.05) is 61.5 Å². The molecule has 3 heteroatoms. The number of Topliss-reactive ketones (excluding diaryl/α,β-unsaturated/α-hetero) is 1. The second-order valence-corrected chi connectivity index (χ2v) is 4.91. The molecule has 0 radical (unpaired) electrons. The minimum Gasteiger partial charge on any atom is -0.497 e. The fourth-order valence-electron chi connectivity index (χ4n) is 2.14. The van der Waals surface area contributed by atoms with Crippen LogP contribution in [-0.4, -0.2) is 27.0 Å². The van der Waals surface area contributed by atoms with E-state index in [0.717, 1.165) is 22.6 Å². The standard InChI is InChI=1S/C17H19NO2/c1-12(19)16-10-9-15(20-4)11-17(16)13-5-7-14(8-6-13)18(2)3/h5-11H,1-4H3. The molecule has 0 amide bonds. The molecular formula is C17H19NO2. The number of anilines is 1. The maximum Gasteiger partial charge on any atom is 0.160 e. The Morgan fingerprint density at radius 3 is 2.20 bits per heavy atom. The molecule has 0 fully saturated rings. The molecule has 0 aliphatic carbocycles. The predicted octanol–water partition coefficient (Wildman–Crippen LogP) is 3.63. The summed E-state index contributed by atoms with van der Waals surface area (Å²) < 4.78 is 5.25. The van der Waals surface area contributed by atoms with Gasteiger partial charge in [-0.3, -0.25) is 4.79 Å². The normalized spacial score (nSPS) is 10.2. The number of benzene rings is 2. The zero-order chi connectivity index (χ0) is 14.7. The first-order valence-corrected chi connectivity index (χ1v) is 6.49. The van der Waals surface area contributed by atoms with E-state index in [-0.39, 0.29) is 5.78 Å².